The molecule has 0 saturated heterocycles. The molecule has 1 atom stereocenters. The molecule has 0 aromatic carbocycles. The maximum absolute atomic E-state index is 3.36. The second kappa shape index (κ2) is 2.62. The molecule has 0 radical (unpaired) electrons. The molecule has 0 bridgehead atoms. The van der Waals surface area contributed by atoms with Crippen molar-refractivity contribution < 1.29 is 0 Å². The number of nitrogens with one attached hydrogen (secondary N) is 2. The van der Waals surface area contributed by atoms with E-state index in [9.17, 15) is 0 Å². The molecule has 10 heavy (non-hydrogen) atoms. The SMILES string of the molecule is CC(C)(C)C1C=CNCN1. The van der Waals surface area contributed by atoms with E-state index in [0.29, 0.717) is 11.5 Å². The van der Waals surface area contributed by atoms with Gasteiger partial charge < -0.3 is 5.32 Å². The first kappa shape index (κ1) is 7.61. The Kier molecular flexibility index (Phi) is 2.00. The van der Waals surface area contributed by atoms with Crippen molar-refractivity contribution >= 4 is 0 Å². The first-order chi connectivity index (χ1) is 4.61. The predicted molar refractivity (Wildman–Crippen MR) is 43.5 cm³/mol. The Bertz CT molecular complexity index is 133. The molecule has 0 aliphatic carbocycles. The van der Waals surface area contributed by atoms with Gasteiger partial charge in [-0.15, -0.1) is 0 Å². The van der Waals surface area contributed by atoms with Crippen LogP contribution < -0.4 is 10.6 Å². The van der Waals surface area contributed by atoms with Crippen LogP contribution in [0, 0.1) is 5.41 Å². The lowest BCUT2D eigenvalue weighted by Crippen LogP contribution is -2.45. The third-order valence-electron chi connectivity index (χ3n) is 1.76. The van der Waals surface area contributed by atoms with Gasteiger partial charge in [-0.1, -0.05) is 26.8 Å². The molecule has 0 saturated carbocycles. The lowest BCUT2D eigenvalue weighted by molar-refractivity contribution is 0.302. The van der Waals surface area contributed by atoms with Crippen molar-refractivity contribution in [1.29, 1.82) is 0 Å². The van der Waals surface area contributed by atoms with E-state index >= 15 is 0 Å². The lowest BCUT2D eigenvalue weighted by atomic mass is 9.86. The zero-order valence-electron chi connectivity index (χ0n) is 6.94. The van der Waals surface area contributed by atoms with Crippen LogP contribution in [0.2, 0.25) is 0 Å². The molecule has 0 fully saturated rings. The first-order valence-corrected chi connectivity index (χ1v) is 3.74. The van der Waals surface area contributed by atoms with Crippen LogP contribution in [0.1, 0.15) is 20.8 Å². The Hall–Kier alpha value is -0.500. The molecule has 1 unspecified atom stereocenters. The van der Waals surface area contributed by atoms with Gasteiger partial charge in [0.2, 0.25) is 0 Å². The largest absolute Gasteiger partial charge is 0.379 e. The molecule has 1 rings (SSSR count). The van der Waals surface area contributed by atoms with Gasteiger partial charge in [0.25, 0.3) is 0 Å². The van der Waals surface area contributed by atoms with Gasteiger partial charge in [-0.25, -0.2) is 0 Å². The summed E-state index contributed by atoms with van der Waals surface area (Å²) in [6, 6.07) is 0.508. The average molecular weight is 140 g/mol. The molecule has 1 aliphatic heterocycles. The van der Waals surface area contributed by atoms with E-state index < -0.39 is 0 Å². The summed E-state index contributed by atoms with van der Waals surface area (Å²) in [6.07, 6.45) is 4.19. The molecule has 0 aromatic heterocycles. The quantitative estimate of drug-likeness (QED) is 0.526. The molecule has 2 heteroatoms. The Morgan fingerprint density at radius 3 is 2.40 bits per heavy atom. The highest BCUT2D eigenvalue weighted by Crippen LogP contribution is 2.20. The van der Waals surface area contributed by atoms with Crippen LogP contribution in [-0.4, -0.2) is 12.7 Å². The Morgan fingerprint density at radius 2 is 2.10 bits per heavy atom. The fraction of sp³-hybridized carbons (Fsp3) is 0.750. The van der Waals surface area contributed by atoms with Gasteiger partial charge in [-0.05, 0) is 11.6 Å². The van der Waals surface area contributed by atoms with Crippen LogP contribution in [0.15, 0.2) is 12.3 Å². The maximum atomic E-state index is 3.36. The fourth-order valence-electron chi connectivity index (χ4n) is 1.05. The normalized spacial score (nSPS) is 26.1. The van der Waals surface area contributed by atoms with Gasteiger partial charge in [0, 0.05) is 6.04 Å². The van der Waals surface area contributed by atoms with Crippen molar-refractivity contribution in [3.8, 4) is 0 Å². The second-order valence-corrected chi connectivity index (χ2v) is 3.79. The molecule has 2 N–H and O–H groups in total. The summed E-state index contributed by atoms with van der Waals surface area (Å²) in [5.41, 5.74) is 0.332. The minimum absolute atomic E-state index is 0.332. The van der Waals surface area contributed by atoms with Gasteiger partial charge in [-0.2, -0.15) is 0 Å². The van der Waals surface area contributed by atoms with Gasteiger partial charge in [0.15, 0.2) is 0 Å². The van der Waals surface area contributed by atoms with E-state index in [1.165, 1.54) is 0 Å². The topological polar surface area (TPSA) is 24.1 Å². The van der Waals surface area contributed by atoms with E-state index in [1.54, 1.807) is 0 Å². The van der Waals surface area contributed by atoms with Gasteiger partial charge in [0.05, 0.1) is 6.67 Å². The van der Waals surface area contributed by atoms with Gasteiger partial charge in [-0.3, -0.25) is 5.32 Å². The highest BCUT2D eigenvalue weighted by molar-refractivity contribution is 5.01. The zero-order chi connectivity index (χ0) is 7.61. The molecule has 1 heterocycles. The highest BCUT2D eigenvalue weighted by atomic mass is 15.1. The molecule has 1 aliphatic rings. The smallest absolute Gasteiger partial charge is 0.0652 e. The number of hydrogen-bond acceptors (Lipinski definition) is 2. The van der Waals surface area contributed by atoms with Gasteiger partial charge >= 0.3 is 0 Å². The van der Waals surface area contributed by atoms with E-state index in [2.05, 4.69) is 37.5 Å². The van der Waals surface area contributed by atoms with E-state index in [4.69, 9.17) is 0 Å². The van der Waals surface area contributed by atoms with Crippen LogP contribution in [0.5, 0.6) is 0 Å². The standard InChI is InChI=1S/C8H16N2/c1-8(2,3)7-4-5-9-6-10-7/h4-5,7,9-10H,6H2,1-3H3. The monoisotopic (exact) mass is 140 g/mol. The highest BCUT2D eigenvalue weighted by Gasteiger charge is 2.22. The summed E-state index contributed by atoms with van der Waals surface area (Å²) in [4.78, 5) is 0. The summed E-state index contributed by atoms with van der Waals surface area (Å²) in [6.45, 7) is 7.60. The van der Waals surface area contributed by atoms with E-state index in [-0.39, 0.29) is 0 Å². The zero-order valence-corrected chi connectivity index (χ0v) is 6.94. The van der Waals surface area contributed by atoms with Crippen LogP contribution in [0.4, 0.5) is 0 Å². The Morgan fingerprint density at radius 1 is 1.40 bits per heavy atom. The van der Waals surface area contributed by atoms with Crippen molar-refractivity contribution in [2.75, 3.05) is 6.67 Å². The molecule has 58 valence electrons. The van der Waals surface area contributed by atoms with Gasteiger partial charge in [0.1, 0.15) is 0 Å². The molecule has 0 aromatic rings. The summed E-state index contributed by atoms with van der Waals surface area (Å²) in [5, 5.41) is 6.46. The third kappa shape index (κ3) is 1.74. The first-order valence-electron chi connectivity index (χ1n) is 3.74. The van der Waals surface area contributed by atoms with Crippen LogP contribution in [0.3, 0.4) is 0 Å². The summed E-state index contributed by atoms with van der Waals surface area (Å²) in [5.74, 6) is 0. The van der Waals surface area contributed by atoms with Crippen molar-refractivity contribution in [3.05, 3.63) is 12.3 Å². The summed E-state index contributed by atoms with van der Waals surface area (Å²) >= 11 is 0. The average Bonchev–Trinajstić information content (AvgIpc) is 1.88. The molecule has 0 amide bonds. The molecular formula is C8H16N2. The van der Waals surface area contributed by atoms with Crippen LogP contribution in [-0.2, 0) is 0 Å². The lowest BCUT2D eigenvalue weighted by Gasteiger charge is -2.31. The minimum atomic E-state index is 0.332. The Labute approximate surface area is 62.7 Å². The van der Waals surface area contributed by atoms with Crippen molar-refractivity contribution in [2.45, 2.75) is 26.8 Å². The summed E-state index contributed by atoms with van der Waals surface area (Å²) < 4.78 is 0. The number of rotatable bonds is 0. The third-order valence-corrected chi connectivity index (χ3v) is 1.76. The van der Waals surface area contributed by atoms with Crippen LogP contribution >= 0.6 is 0 Å². The maximum Gasteiger partial charge on any atom is 0.0652 e. The minimum Gasteiger partial charge on any atom is -0.379 e. The predicted octanol–water partition coefficient (Wildman–Crippen LogP) is 1.07. The molecular weight excluding hydrogens is 124 g/mol. The fourth-order valence-corrected chi connectivity index (χ4v) is 1.05. The second-order valence-electron chi connectivity index (χ2n) is 3.79. The van der Waals surface area contributed by atoms with Crippen molar-refractivity contribution in [2.24, 2.45) is 5.41 Å². The molecule has 0 spiro atoms. The Balaban J connectivity index is 2.55. The van der Waals surface area contributed by atoms with Crippen molar-refractivity contribution in [3.63, 3.8) is 0 Å². The van der Waals surface area contributed by atoms with E-state index in [0.717, 1.165) is 6.67 Å². The molecule has 2 nitrogen and oxygen atoms in total. The van der Waals surface area contributed by atoms with Crippen molar-refractivity contribution in [1.82, 2.24) is 10.6 Å². The summed E-state index contributed by atoms with van der Waals surface area (Å²) in [7, 11) is 0. The van der Waals surface area contributed by atoms with Crippen LogP contribution in [0.25, 0.3) is 0 Å². The van der Waals surface area contributed by atoms with E-state index in [1.807, 2.05) is 6.20 Å². The number of hydrogen-bond donors (Lipinski definition) is 2.